The Bertz CT molecular complexity index is 530. The number of carbonyl (C=O) groups is 2. The molecular formula is C18H26N2O3. The van der Waals surface area contributed by atoms with Crippen LogP contribution in [0.4, 0.5) is 4.79 Å². The number of ketones is 1. The fraction of sp³-hybridized carbons (Fsp3) is 0.556. The minimum Gasteiger partial charge on any atom is -0.445 e. The standard InChI is InChI=1S/C18H26N2O3/c1-12(2)16(17(21)15-10-19-9-13(15)3)20-18(22)23-11-14-7-5-4-6-8-14/h4-8,12-13,15-16,19H,9-11H2,1-3H3,(H,20,22). The van der Waals surface area contributed by atoms with Crippen molar-refractivity contribution in [1.82, 2.24) is 10.6 Å². The molecule has 3 atom stereocenters. The van der Waals surface area contributed by atoms with Gasteiger partial charge in [-0.2, -0.15) is 0 Å². The van der Waals surface area contributed by atoms with Gasteiger partial charge in [-0.05, 0) is 23.9 Å². The first-order valence-corrected chi connectivity index (χ1v) is 8.20. The van der Waals surface area contributed by atoms with Gasteiger partial charge in [0, 0.05) is 12.5 Å². The molecule has 1 amide bonds. The Morgan fingerprint density at radius 1 is 1.26 bits per heavy atom. The highest BCUT2D eigenvalue weighted by Crippen LogP contribution is 2.21. The molecule has 1 fully saturated rings. The van der Waals surface area contributed by atoms with Crippen LogP contribution in [0.2, 0.25) is 0 Å². The molecule has 5 nitrogen and oxygen atoms in total. The summed E-state index contributed by atoms with van der Waals surface area (Å²) in [5.74, 6) is 0.372. The first-order chi connectivity index (χ1) is 11.0. The number of ether oxygens (including phenoxy) is 1. The molecule has 1 aromatic rings. The molecule has 126 valence electrons. The van der Waals surface area contributed by atoms with E-state index in [1.165, 1.54) is 0 Å². The van der Waals surface area contributed by atoms with E-state index in [0.717, 1.165) is 12.1 Å². The Morgan fingerprint density at radius 3 is 2.52 bits per heavy atom. The van der Waals surface area contributed by atoms with Crippen molar-refractivity contribution < 1.29 is 14.3 Å². The van der Waals surface area contributed by atoms with Crippen LogP contribution in [0.1, 0.15) is 26.3 Å². The Hall–Kier alpha value is -1.88. The molecule has 1 aromatic carbocycles. The molecule has 2 rings (SSSR count). The number of rotatable bonds is 6. The number of hydrogen-bond donors (Lipinski definition) is 2. The van der Waals surface area contributed by atoms with Gasteiger partial charge < -0.3 is 15.4 Å². The number of benzene rings is 1. The molecule has 23 heavy (non-hydrogen) atoms. The quantitative estimate of drug-likeness (QED) is 0.845. The third kappa shape index (κ3) is 4.79. The van der Waals surface area contributed by atoms with Crippen molar-refractivity contribution in [2.75, 3.05) is 13.1 Å². The Morgan fingerprint density at radius 2 is 1.96 bits per heavy atom. The topological polar surface area (TPSA) is 67.4 Å². The Labute approximate surface area is 137 Å². The third-order valence-electron chi connectivity index (χ3n) is 4.34. The van der Waals surface area contributed by atoms with Gasteiger partial charge in [0.15, 0.2) is 5.78 Å². The number of Topliss-reactive ketones (excluding diaryl/α,β-unsaturated/α-hetero) is 1. The van der Waals surface area contributed by atoms with Crippen molar-refractivity contribution in [3.05, 3.63) is 35.9 Å². The lowest BCUT2D eigenvalue weighted by atomic mass is 9.86. The average Bonchev–Trinajstić information content (AvgIpc) is 2.97. The van der Waals surface area contributed by atoms with Crippen molar-refractivity contribution >= 4 is 11.9 Å². The normalized spacial score (nSPS) is 21.9. The van der Waals surface area contributed by atoms with E-state index in [0.29, 0.717) is 12.5 Å². The van der Waals surface area contributed by atoms with Crippen molar-refractivity contribution in [3.8, 4) is 0 Å². The van der Waals surface area contributed by atoms with Crippen LogP contribution >= 0.6 is 0 Å². The van der Waals surface area contributed by atoms with E-state index >= 15 is 0 Å². The summed E-state index contributed by atoms with van der Waals surface area (Å²) in [4.78, 5) is 24.7. The molecule has 0 aromatic heterocycles. The van der Waals surface area contributed by atoms with E-state index in [4.69, 9.17) is 4.74 Å². The van der Waals surface area contributed by atoms with E-state index in [1.54, 1.807) is 0 Å². The van der Waals surface area contributed by atoms with Gasteiger partial charge >= 0.3 is 6.09 Å². The fourth-order valence-electron chi connectivity index (χ4n) is 2.88. The number of nitrogens with one attached hydrogen (secondary N) is 2. The van der Waals surface area contributed by atoms with E-state index < -0.39 is 12.1 Å². The van der Waals surface area contributed by atoms with Crippen LogP contribution in [-0.2, 0) is 16.1 Å². The molecule has 1 aliphatic rings. The van der Waals surface area contributed by atoms with Crippen LogP contribution in [-0.4, -0.2) is 31.0 Å². The van der Waals surface area contributed by atoms with E-state index in [-0.39, 0.29) is 24.2 Å². The Balaban J connectivity index is 1.90. The zero-order chi connectivity index (χ0) is 16.8. The number of carbonyl (C=O) groups excluding carboxylic acids is 2. The summed E-state index contributed by atoms with van der Waals surface area (Å²) in [5.41, 5.74) is 0.920. The molecule has 1 saturated heterocycles. The second-order valence-corrected chi connectivity index (χ2v) is 6.57. The number of hydrogen-bond acceptors (Lipinski definition) is 4. The fourth-order valence-corrected chi connectivity index (χ4v) is 2.88. The molecule has 0 radical (unpaired) electrons. The lowest BCUT2D eigenvalue weighted by molar-refractivity contribution is -0.126. The first kappa shape index (κ1) is 17.5. The largest absolute Gasteiger partial charge is 0.445 e. The molecule has 2 N–H and O–H groups in total. The van der Waals surface area contributed by atoms with Gasteiger partial charge in [0.25, 0.3) is 0 Å². The summed E-state index contributed by atoms with van der Waals surface area (Å²) >= 11 is 0. The summed E-state index contributed by atoms with van der Waals surface area (Å²) in [6, 6.07) is 8.98. The van der Waals surface area contributed by atoms with E-state index in [9.17, 15) is 9.59 Å². The van der Waals surface area contributed by atoms with Gasteiger partial charge in [-0.3, -0.25) is 4.79 Å². The van der Waals surface area contributed by atoms with Crippen molar-refractivity contribution in [2.24, 2.45) is 17.8 Å². The summed E-state index contributed by atoms with van der Waals surface area (Å²) < 4.78 is 5.23. The van der Waals surface area contributed by atoms with Gasteiger partial charge in [0.05, 0.1) is 6.04 Å². The molecule has 0 aliphatic carbocycles. The second-order valence-electron chi connectivity index (χ2n) is 6.57. The maximum Gasteiger partial charge on any atom is 0.408 e. The maximum atomic E-state index is 12.7. The van der Waals surface area contributed by atoms with Gasteiger partial charge in [-0.1, -0.05) is 51.1 Å². The predicted octanol–water partition coefficient (Wildman–Crippen LogP) is 2.36. The highest BCUT2D eigenvalue weighted by molar-refractivity contribution is 5.90. The molecule has 0 bridgehead atoms. The highest BCUT2D eigenvalue weighted by atomic mass is 16.5. The van der Waals surface area contributed by atoms with Crippen LogP contribution in [0, 0.1) is 17.8 Å². The summed E-state index contributed by atoms with van der Waals surface area (Å²) in [7, 11) is 0. The monoisotopic (exact) mass is 318 g/mol. The zero-order valence-electron chi connectivity index (χ0n) is 14.0. The number of amides is 1. The maximum absolute atomic E-state index is 12.7. The Kier molecular flexibility index (Phi) is 6.16. The average molecular weight is 318 g/mol. The van der Waals surface area contributed by atoms with E-state index in [2.05, 4.69) is 17.6 Å². The molecule has 0 spiro atoms. The predicted molar refractivity (Wildman–Crippen MR) is 88.9 cm³/mol. The molecule has 1 aliphatic heterocycles. The summed E-state index contributed by atoms with van der Waals surface area (Å²) in [5, 5.41) is 5.98. The van der Waals surface area contributed by atoms with Gasteiger partial charge in [0.1, 0.15) is 6.61 Å². The van der Waals surface area contributed by atoms with Crippen LogP contribution in [0.3, 0.4) is 0 Å². The van der Waals surface area contributed by atoms with Crippen molar-refractivity contribution in [2.45, 2.75) is 33.4 Å². The first-order valence-electron chi connectivity index (χ1n) is 8.20. The summed E-state index contributed by atoms with van der Waals surface area (Å²) in [6.45, 7) is 7.67. The molecule has 5 heteroatoms. The lowest BCUT2D eigenvalue weighted by Gasteiger charge is -2.25. The van der Waals surface area contributed by atoms with Gasteiger partial charge in [-0.25, -0.2) is 4.79 Å². The van der Waals surface area contributed by atoms with Gasteiger partial charge in [0.2, 0.25) is 0 Å². The van der Waals surface area contributed by atoms with Gasteiger partial charge in [-0.15, -0.1) is 0 Å². The van der Waals surface area contributed by atoms with Crippen LogP contribution in [0.25, 0.3) is 0 Å². The number of alkyl carbamates (subject to hydrolysis) is 1. The van der Waals surface area contributed by atoms with E-state index in [1.807, 2.05) is 44.2 Å². The minimum atomic E-state index is -0.542. The molecule has 0 saturated carbocycles. The second kappa shape index (κ2) is 8.11. The highest BCUT2D eigenvalue weighted by Gasteiger charge is 2.36. The smallest absolute Gasteiger partial charge is 0.408 e. The summed E-state index contributed by atoms with van der Waals surface area (Å²) in [6.07, 6.45) is -0.542. The molecule has 1 heterocycles. The zero-order valence-corrected chi connectivity index (χ0v) is 14.0. The molecule has 3 unspecified atom stereocenters. The van der Waals surface area contributed by atoms with Crippen LogP contribution in [0.15, 0.2) is 30.3 Å². The minimum absolute atomic E-state index is 0.0274. The van der Waals surface area contributed by atoms with Crippen LogP contribution < -0.4 is 10.6 Å². The third-order valence-corrected chi connectivity index (χ3v) is 4.34. The van der Waals surface area contributed by atoms with Crippen molar-refractivity contribution in [1.29, 1.82) is 0 Å². The van der Waals surface area contributed by atoms with Crippen molar-refractivity contribution in [3.63, 3.8) is 0 Å². The molecular weight excluding hydrogens is 292 g/mol. The SMILES string of the molecule is CC(C)C(NC(=O)OCc1ccccc1)C(=O)C1CNCC1C. The van der Waals surface area contributed by atoms with Crippen LogP contribution in [0.5, 0.6) is 0 Å². The lowest BCUT2D eigenvalue weighted by Crippen LogP contribution is -2.48.